The van der Waals surface area contributed by atoms with Gasteiger partial charge in [-0.15, -0.1) is 11.3 Å². The third-order valence-electron chi connectivity index (χ3n) is 1.74. The molecule has 0 fully saturated rings. The lowest BCUT2D eigenvalue weighted by Crippen LogP contribution is -1.69. The fourth-order valence-electron chi connectivity index (χ4n) is 1.16. The molecule has 2 aromatic rings. The zero-order valence-corrected chi connectivity index (χ0v) is 7.99. The molecule has 0 amide bonds. The maximum Gasteiger partial charge on any atom is 0.117 e. The second-order valence-corrected chi connectivity index (χ2v) is 4.20. The van der Waals surface area contributed by atoms with E-state index in [-0.39, 0.29) is 5.75 Å². The smallest absolute Gasteiger partial charge is 0.117 e. The number of phenols is 1. The molecular formula is C9H4ClNOS. The molecule has 0 saturated heterocycles. The Morgan fingerprint density at radius 1 is 1.46 bits per heavy atom. The summed E-state index contributed by atoms with van der Waals surface area (Å²) in [4.78, 5) is 0. The Morgan fingerprint density at radius 3 is 2.92 bits per heavy atom. The largest absolute Gasteiger partial charge is 0.508 e. The van der Waals surface area contributed by atoms with Gasteiger partial charge in [0.2, 0.25) is 0 Å². The van der Waals surface area contributed by atoms with E-state index in [0.717, 1.165) is 10.1 Å². The highest BCUT2D eigenvalue weighted by atomic mass is 35.5. The summed E-state index contributed by atoms with van der Waals surface area (Å²) in [7, 11) is 0. The predicted molar refractivity (Wildman–Crippen MR) is 53.2 cm³/mol. The quantitative estimate of drug-likeness (QED) is 0.725. The van der Waals surface area contributed by atoms with Gasteiger partial charge < -0.3 is 5.11 Å². The number of aromatic hydroxyl groups is 1. The van der Waals surface area contributed by atoms with Gasteiger partial charge in [0.1, 0.15) is 16.2 Å². The van der Waals surface area contributed by atoms with Gasteiger partial charge in [0.05, 0.1) is 5.56 Å². The van der Waals surface area contributed by atoms with E-state index in [0.29, 0.717) is 9.90 Å². The molecule has 4 heteroatoms. The lowest BCUT2D eigenvalue weighted by molar-refractivity contribution is 0.476. The van der Waals surface area contributed by atoms with E-state index < -0.39 is 0 Å². The summed E-state index contributed by atoms with van der Waals surface area (Å²) in [5.41, 5.74) is 0.488. The third-order valence-corrected chi connectivity index (χ3v) is 3.10. The first kappa shape index (κ1) is 8.36. The number of nitriles is 1. The van der Waals surface area contributed by atoms with Crippen LogP contribution < -0.4 is 0 Å². The van der Waals surface area contributed by atoms with Crippen molar-refractivity contribution in [3.8, 4) is 11.8 Å². The normalized spacial score (nSPS) is 10.2. The molecule has 0 aliphatic heterocycles. The Labute approximate surface area is 83.6 Å². The summed E-state index contributed by atoms with van der Waals surface area (Å²) in [6, 6.07) is 6.89. The van der Waals surface area contributed by atoms with Gasteiger partial charge in [0, 0.05) is 10.1 Å². The van der Waals surface area contributed by atoms with Crippen LogP contribution in [-0.2, 0) is 0 Å². The van der Waals surface area contributed by atoms with Crippen LogP contribution in [0, 0.1) is 11.3 Å². The highest BCUT2D eigenvalue weighted by molar-refractivity contribution is 7.23. The summed E-state index contributed by atoms with van der Waals surface area (Å²) in [5.74, 6) is 0.190. The number of fused-ring (bicyclic) bond motifs is 1. The van der Waals surface area contributed by atoms with Crippen molar-refractivity contribution in [1.82, 2.24) is 0 Å². The van der Waals surface area contributed by atoms with E-state index in [1.54, 1.807) is 18.2 Å². The highest BCUT2D eigenvalue weighted by Crippen LogP contribution is 2.36. The molecule has 0 aliphatic carbocycles. The molecule has 1 N–H and O–H groups in total. The van der Waals surface area contributed by atoms with Crippen LogP contribution in [0.1, 0.15) is 5.56 Å². The SMILES string of the molecule is N#Cc1c(Cl)sc2cc(O)ccc12. The number of halogens is 1. The number of rotatable bonds is 0. The van der Waals surface area contributed by atoms with Crippen molar-refractivity contribution >= 4 is 33.0 Å². The van der Waals surface area contributed by atoms with Crippen LogP contribution in [0.4, 0.5) is 0 Å². The Kier molecular flexibility index (Phi) is 1.87. The maximum absolute atomic E-state index is 9.18. The van der Waals surface area contributed by atoms with Gasteiger partial charge in [-0.05, 0) is 18.2 Å². The molecule has 0 aliphatic rings. The van der Waals surface area contributed by atoms with Crippen molar-refractivity contribution in [2.45, 2.75) is 0 Å². The van der Waals surface area contributed by atoms with Crippen LogP contribution in [0.5, 0.6) is 5.75 Å². The highest BCUT2D eigenvalue weighted by Gasteiger charge is 2.09. The molecule has 0 saturated carbocycles. The average Bonchev–Trinajstić information content (AvgIpc) is 2.39. The first-order valence-corrected chi connectivity index (χ1v) is 4.73. The standard InChI is InChI=1S/C9H4ClNOS/c10-9-7(4-11)6-2-1-5(12)3-8(6)13-9/h1-3,12H. The van der Waals surface area contributed by atoms with Gasteiger partial charge in [0.15, 0.2) is 0 Å². The molecule has 0 bridgehead atoms. The molecule has 1 aromatic heterocycles. The number of hydrogen-bond donors (Lipinski definition) is 1. The zero-order chi connectivity index (χ0) is 9.42. The van der Waals surface area contributed by atoms with Crippen LogP contribution in [0.15, 0.2) is 18.2 Å². The number of hydrogen-bond acceptors (Lipinski definition) is 3. The van der Waals surface area contributed by atoms with E-state index in [1.165, 1.54) is 11.3 Å². The Morgan fingerprint density at radius 2 is 2.23 bits per heavy atom. The molecule has 1 aromatic carbocycles. The summed E-state index contributed by atoms with van der Waals surface area (Å²) in [6.45, 7) is 0. The first-order chi connectivity index (χ1) is 6.22. The zero-order valence-electron chi connectivity index (χ0n) is 6.41. The minimum absolute atomic E-state index is 0.190. The fourth-order valence-corrected chi connectivity index (χ4v) is 2.46. The summed E-state index contributed by atoms with van der Waals surface area (Å²) < 4.78 is 1.31. The minimum Gasteiger partial charge on any atom is -0.508 e. The fraction of sp³-hybridized carbons (Fsp3) is 0. The molecule has 1 heterocycles. The van der Waals surface area contributed by atoms with E-state index >= 15 is 0 Å². The van der Waals surface area contributed by atoms with Gasteiger partial charge in [0.25, 0.3) is 0 Å². The lowest BCUT2D eigenvalue weighted by Gasteiger charge is -1.90. The van der Waals surface area contributed by atoms with Gasteiger partial charge in [-0.2, -0.15) is 5.26 Å². The van der Waals surface area contributed by atoms with E-state index in [9.17, 15) is 5.11 Å². The van der Waals surface area contributed by atoms with Crippen LogP contribution >= 0.6 is 22.9 Å². The van der Waals surface area contributed by atoms with E-state index in [4.69, 9.17) is 16.9 Å². The second kappa shape index (κ2) is 2.91. The van der Waals surface area contributed by atoms with E-state index in [1.807, 2.05) is 6.07 Å². The Balaban J connectivity index is 2.88. The molecule has 0 radical (unpaired) electrons. The Bertz CT molecular complexity index is 512. The van der Waals surface area contributed by atoms with Crippen molar-refractivity contribution in [3.63, 3.8) is 0 Å². The van der Waals surface area contributed by atoms with Crippen molar-refractivity contribution in [3.05, 3.63) is 28.1 Å². The second-order valence-electron chi connectivity index (χ2n) is 2.54. The third kappa shape index (κ3) is 1.24. The lowest BCUT2D eigenvalue weighted by atomic mass is 10.2. The van der Waals surface area contributed by atoms with Gasteiger partial charge in [-0.3, -0.25) is 0 Å². The summed E-state index contributed by atoms with van der Waals surface area (Å²) in [6.07, 6.45) is 0. The van der Waals surface area contributed by atoms with Crippen molar-refractivity contribution in [2.75, 3.05) is 0 Å². The van der Waals surface area contributed by atoms with Gasteiger partial charge in [-0.25, -0.2) is 0 Å². The summed E-state index contributed by atoms with van der Waals surface area (Å²) >= 11 is 7.13. The number of benzene rings is 1. The molecule has 0 atom stereocenters. The predicted octanol–water partition coefficient (Wildman–Crippen LogP) is 3.13. The molecular weight excluding hydrogens is 206 g/mol. The number of phenolic OH excluding ortho intramolecular Hbond substituents is 1. The van der Waals surface area contributed by atoms with Crippen molar-refractivity contribution in [1.29, 1.82) is 5.26 Å². The topological polar surface area (TPSA) is 44.0 Å². The maximum atomic E-state index is 9.18. The van der Waals surface area contributed by atoms with Crippen LogP contribution in [0.3, 0.4) is 0 Å². The van der Waals surface area contributed by atoms with E-state index in [2.05, 4.69) is 0 Å². The van der Waals surface area contributed by atoms with Crippen LogP contribution in [0.2, 0.25) is 4.34 Å². The molecule has 64 valence electrons. The monoisotopic (exact) mass is 209 g/mol. The van der Waals surface area contributed by atoms with Crippen molar-refractivity contribution < 1.29 is 5.11 Å². The first-order valence-electron chi connectivity index (χ1n) is 3.53. The molecule has 0 unspecified atom stereocenters. The number of thiophene rings is 1. The Hall–Kier alpha value is -1.24. The van der Waals surface area contributed by atoms with Crippen LogP contribution in [0.25, 0.3) is 10.1 Å². The average molecular weight is 210 g/mol. The number of nitrogens with zero attached hydrogens (tertiary/aromatic N) is 1. The minimum atomic E-state index is 0.190. The molecule has 2 rings (SSSR count). The molecule has 13 heavy (non-hydrogen) atoms. The van der Waals surface area contributed by atoms with Gasteiger partial charge in [-0.1, -0.05) is 11.6 Å². The molecule has 2 nitrogen and oxygen atoms in total. The molecule has 0 spiro atoms. The van der Waals surface area contributed by atoms with Gasteiger partial charge >= 0.3 is 0 Å². The summed E-state index contributed by atoms with van der Waals surface area (Å²) in [5, 5.41) is 18.8. The van der Waals surface area contributed by atoms with Crippen LogP contribution in [-0.4, -0.2) is 5.11 Å². The van der Waals surface area contributed by atoms with Crippen molar-refractivity contribution in [2.24, 2.45) is 0 Å².